The van der Waals surface area contributed by atoms with Crippen LogP contribution in [0, 0.1) is 0 Å². The predicted molar refractivity (Wildman–Crippen MR) is 91.9 cm³/mol. The average molecular weight is 335 g/mol. The highest BCUT2D eigenvalue weighted by atomic mass is 16.5. The van der Waals surface area contributed by atoms with Gasteiger partial charge < -0.3 is 10.1 Å². The molecule has 1 fully saturated rings. The van der Waals surface area contributed by atoms with Crippen molar-refractivity contribution in [1.29, 1.82) is 0 Å². The number of nitrogens with zero attached hydrogens (tertiary/aromatic N) is 1. The molecule has 1 amide bonds. The molecule has 2 N–H and O–H groups in total. The van der Waals surface area contributed by atoms with Gasteiger partial charge in [0, 0.05) is 17.0 Å². The molecule has 1 saturated carbocycles. The Bertz CT molecular complexity index is 916. The van der Waals surface area contributed by atoms with Crippen molar-refractivity contribution in [3.63, 3.8) is 0 Å². The van der Waals surface area contributed by atoms with E-state index in [2.05, 4.69) is 15.5 Å². The molecule has 126 valence electrons. The lowest BCUT2D eigenvalue weighted by atomic mass is 10.1. The molecule has 3 aromatic rings. The van der Waals surface area contributed by atoms with Crippen LogP contribution in [0.4, 0.5) is 0 Å². The van der Waals surface area contributed by atoms with Crippen molar-refractivity contribution < 1.29 is 14.3 Å². The number of aromatic amines is 1. The largest absolute Gasteiger partial charge is 0.444 e. The predicted octanol–water partition coefficient (Wildman–Crippen LogP) is 2.74. The Hall–Kier alpha value is -3.15. The molecule has 1 aromatic heterocycles. The Morgan fingerprint density at radius 3 is 2.72 bits per heavy atom. The quantitative estimate of drug-likeness (QED) is 0.702. The molecule has 0 radical (unpaired) electrons. The van der Waals surface area contributed by atoms with E-state index in [1.807, 2.05) is 18.2 Å². The van der Waals surface area contributed by atoms with Gasteiger partial charge in [-0.05, 0) is 25.0 Å². The zero-order valence-electron chi connectivity index (χ0n) is 13.4. The fourth-order valence-electron chi connectivity index (χ4n) is 2.64. The summed E-state index contributed by atoms with van der Waals surface area (Å²) in [6.07, 6.45) is 2.65. The van der Waals surface area contributed by atoms with Gasteiger partial charge in [0.1, 0.15) is 0 Å². The SMILES string of the molecule is O=C(OC(C(=O)NC1CC1)c1ccccc1)c1ccc2cn[nH]c2c1. The van der Waals surface area contributed by atoms with Gasteiger partial charge in [-0.1, -0.05) is 36.4 Å². The molecule has 0 saturated heterocycles. The second-order valence-corrected chi connectivity index (χ2v) is 6.15. The number of nitrogens with one attached hydrogen (secondary N) is 2. The van der Waals surface area contributed by atoms with Gasteiger partial charge in [0.15, 0.2) is 0 Å². The molecule has 1 aliphatic carbocycles. The number of benzene rings is 2. The minimum absolute atomic E-state index is 0.193. The first kappa shape index (κ1) is 15.4. The Kier molecular flexibility index (Phi) is 3.93. The number of ether oxygens (including phenoxy) is 1. The van der Waals surface area contributed by atoms with E-state index < -0.39 is 12.1 Å². The van der Waals surface area contributed by atoms with Crippen LogP contribution in [0.5, 0.6) is 0 Å². The Morgan fingerprint density at radius 2 is 1.96 bits per heavy atom. The summed E-state index contributed by atoms with van der Waals surface area (Å²) in [5.41, 5.74) is 1.77. The van der Waals surface area contributed by atoms with Crippen molar-refractivity contribution >= 4 is 22.8 Å². The smallest absolute Gasteiger partial charge is 0.339 e. The monoisotopic (exact) mass is 335 g/mol. The molecule has 25 heavy (non-hydrogen) atoms. The van der Waals surface area contributed by atoms with E-state index in [-0.39, 0.29) is 11.9 Å². The maximum atomic E-state index is 12.6. The van der Waals surface area contributed by atoms with Crippen LogP contribution in [0.1, 0.15) is 34.9 Å². The van der Waals surface area contributed by atoms with Crippen molar-refractivity contribution in [2.75, 3.05) is 0 Å². The molecule has 6 heteroatoms. The fourth-order valence-corrected chi connectivity index (χ4v) is 2.64. The maximum absolute atomic E-state index is 12.6. The number of carbonyl (C=O) groups is 2. The van der Waals surface area contributed by atoms with E-state index in [9.17, 15) is 9.59 Å². The molecule has 1 unspecified atom stereocenters. The Balaban J connectivity index is 1.58. The molecule has 0 aliphatic heterocycles. The van der Waals surface area contributed by atoms with Gasteiger partial charge in [0.2, 0.25) is 6.10 Å². The summed E-state index contributed by atoms with van der Waals surface area (Å²) in [5.74, 6) is -0.832. The van der Waals surface area contributed by atoms with Crippen LogP contribution >= 0.6 is 0 Å². The van der Waals surface area contributed by atoms with Crippen LogP contribution in [-0.4, -0.2) is 28.1 Å². The van der Waals surface area contributed by atoms with Gasteiger partial charge in [-0.25, -0.2) is 4.79 Å². The van der Waals surface area contributed by atoms with Crippen LogP contribution < -0.4 is 5.32 Å². The summed E-state index contributed by atoms with van der Waals surface area (Å²) in [4.78, 5) is 25.1. The molecular weight excluding hydrogens is 318 g/mol. The van der Waals surface area contributed by atoms with E-state index in [1.165, 1.54) is 0 Å². The molecule has 1 heterocycles. The van der Waals surface area contributed by atoms with Crippen LogP contribution in [0.25, 0.3) is 10.9 Å². The van der Waals surface area contributed by atoms with Crippen molar-refractivity contribution in [2.24, 2.45) is 0 Å². The number of hydrogen-bond donors (Lipinski definition) is 2. The fraction of sp³-hybridized carbons (Fsp3) is 0.211. The molecule has 0 bridgehead atoms. The van der Waals surface area contributed by atoms with E-state index >= 15 is 0 Å². The summed E-state index contributed by atoms with van der Waals surface area (Å²) < 4.78 is 5.55. The number of rotatable bonds is 5. The van der Waals surface area contributed by atoms with Crippen molar-refractivity contribution in [2.45, 2.75) is 25.0 Å². The third kappa shape index (κ3) is 3.38. The maximum Gasteiger partial charge on any atom is 0.339 e. The summed E-state index contributed by atoms with van der Waals surface area (Å²) in [7, 11) is 0. The zero-order valence-corrected chi connectivity index (χ0v) is 13.4. The number of esters is 1. The highest BCUT2D eigenvalue weighted by Gasteiger charge is 2.31. The van der Waals surface area contributed by atoms with Crippen LogP contribution in [0.15, 0.2) is 54.7 Å². The van der Waals surface area contributed by atoms with Gasteiger partial charge in [0.25, 0.3) is 5.91 Å². The van der Waals surface area contributed by atoms with E-state index in [1.54, 1.807) is 36.5 Å². The van der Waals surface area contributed by atoms with Crippen molar-refractivity contribution in [3.8, 4) is 0 Å². The first-order chi connectivity index (χ1) is 12.2. The van der Waals surface area contributed by atoms with Gasteiger partial charge in [-0.3, -0.25) is 9.89 Å². The number of amides is 1. The van der Waals surface area contributed by atoms with Crippen LogP contribution in [0.3, 0.4) is 0 Å². The Morgan fingerprint density at radius 1 is 1.16 bits per heavy atom. The molecule has 0 spiro atoms. The van der Waals surface area contributed by atoms with Gasteiger partial charge in [0.05, 0.1) is 17.3 Å². The number of carbonyl (C=O) groups excluding carboxylic acids is 2. The standard InChI is InChI=1S/C19H17N3O3/c23-18(21-15-8-9-15)17(12-4-2-1-3-5-12)25-19(24)13-6-7-14-11-20-22-16(14)10-13/h1-7,10-11,15,17H,8-9H2,(H,20,22)(H,21,23). The minimum Gasteiger partial charge on any atom is -0.444 e. The highest BCUT2D eigenvalue weighted by molar-refractivity contribution is 5.96. The number of hydrogen-bond acceptors (Lipinski definition) is 4. The minimum atomic E-state index is -0.966. The third-order valence-corrected chi connectivity index (χ3v) is 4.17. The van der Waals surface area contributed by atoms with Crippen LogP contribution in [-0.2, 0) is 9.53 Å². The third-order valence-electron chi connectivity index (χ3n) is 4.17. The lowest BCUT2D eigenvalue weighted by Crippen LogP contribution is -2.33. The Labute approximate surface area is 144 Å². The first-order valence-electron chi connectivity index (χ1n) is 8.20. The van der Waals surface area contributed by atoms with E-state index in [0.29, 0.717) is 11.1 Å². The highest BCUT2D eigenvalue weighted by Crippen LogP contribution is 2.24. The second-order valence-electron chi connectivity index (χ2n) is 6.15. The van der Waals surface area contributed by atoms with Crippen LogP contribution in [0.2, 0.25) is 0 Å². The molecule has 6 nitrogen and oxygen atoms in total. The molecule has 1 atom stereocenters. The molecule has 2 aromatic carbocycles. The van der Waals surface area contributed by atoms with Crippen molar-refractivity contribution in [3.05, 3.63) is 65.9 Å². The molecule has 1 aliphatic rings. The molecule has 4 rings (SSSR count). The second kappa shape index (κ2) is 6.39. The summed E-state index contributed by atoms with van der Waals surface area (Å²) in [5, 5.41) is 10.6. The lowest BCUT2D eigenvalue weighted by Gasteiger charge is -2.18. The van der Waals surface area contributed by atoms with E-state index in [0.717, 1.165) is 23.7 Å². The first-order valence-corrected chi connectivity index (χ1v) is 8.20. The summed E-state index contributed by atoms with van der Waals surface area (Å²) in [6, 6.07) is 14.4. The number of fused-ring (bicyclic) bond motifs is 1. The van der Waals surface area contributed by atoms with Gasteiger partial charge in [-0.15, -0.1) is 0 Å². The van der Waals surface area contributed by atoms with Gasteiger partial charge in [-0.2, -0.15) is 5.10 Å². The lowest BCUT2D eigenvalue weighted by molar-refractivity contribution is -0.130. The topological polar surface area (TPSA) is 84.1 Å². The summed E-state index contributed by atoms with van der Waals surface area (Å²) in [6.45, 7) is 0. The average Bonchev–Trinajstić information content (AvgIpc) is 3.32. The van der Waals surface area contributed by atoms with Crippen molar-refractivity contribution in [1.82, 2.24) is 15.5 Å². The zero-order chi connectivity index (χ0) is 17.2. The summed E-state index contributed by atoms with van der Waals surface area (Å²) >= 11 is 0. The van der Waals surface area contributed by atoms with Gasteiger partial charge >= 0.3 is 5.97 Å². The normalized spacial score (nSPS) is 14.9. The number of H-pyrrole nitrogens is 1. The number of aromatic nitrogens is 2. The molecular formula is C19H17N3O3. The van der Waals surface area contributed by atoms with E-state index in [4.69, 9.17) is 4.74 Å².